The number of aromatic nitrogens is 2. The van der Waals surface area contributed by atoms with Crippen molar-refractivity contribution in [3.63, 3.8) is 0 Å². The zero-order valence-corrected chi connectivity index (χ0v) is 11.6. The molecule has 2 N–H and O–H groups in total. The number of nitrogens with zero attached hydrogens (tertiary/aromatic N) is 3. The van der Waals surface area contributed by atoms with Gasteiger partial charge in [0, 0.05) is 38.3 Å². The Morgan fingerprint density at radius 1 is 1.60 bits per heavy atom. The maximum atomic E-state index is 12.3. The molecule has 0 radical (unpaired) electrons. The third-order valence-electron chi connectivity index (χ3n) is 3.62. The van der Waals surface area contributed by atoms with Crippen molar-refractivity contribution in [2.45, 2.75) is 25.8 Å². The molecule has 1 fully saturated rings. The first-order valence-corrected chi connectivity index (χ1v) is 6.75. The van der Waals surface area contributed by atoms with Crippen molar-refractivity contribution >= 4 is 12.0 Å². The van der Waals surface area contributed by atoms with Gasteiger partial charge in [0.2, 0.25) is 0 Å². The lowest BCUT2D eigenvalue weighted by molar-refractivity contribution is -0.137. The highest BCUT2D eigenvalue weighted by atomic mass is 16.4. The lowest BCUT2D eigenvalue weighted by Gasteiger charge is -2.24. The lowest BCUT2D eigenvalue weighted by atomic mass is 10.0. The Labute approximate surface area is 117 Å². The van der Waals surface area contributed by atoms with Gasteiger partial charge >= 0.3 is 12.0 Å². The van der Waals surface area contributed by atoms with E-state index >= 15 is 0 Å². The molecule has 1 aromatic rings. The van der Waals surface area contributed by atoms with E-state index in [9.17, 15) is 9.59 Å². The van der Waals surface area contributed by atoms with Crippen molar-refractivity contribution in [2.75, 3.05) is 20.1 Å². The van der Waals surface area contributed by atoms with Crippen molar-refractivity contribution in [1.29, 1.82) is 0 Å². The van der Waals surface area contributed by atoms with E-state index in [0.29, 0.717) is 32.0 Å². The molecule has 0 bridgehead atoms. The van der Waals surface area contributed by atoms with E-state index < -0.39 is 5.97 Å². The van der Waals surface area contributed by atoms with Crippen LogP contribution in [-0.4, -0.2) is 57.2 Å². The standard InChI is InChI=1S/C13H20N4O3/c1-16(8-11-6-14-15-7-11)13(20)17-5-4-10(9-17)2-3-12(18)19/h6-7,10H,2-5,8-9H2,1H3,(H,14,15)(H,18,19). The van der Waals surface area contributed by atoms with E-state index in [0.717, 1.165) is 12.0 Å². The van der Waals surface area contributed by atoms with Gasteiger partial charge in [-0.1, -0.05) is 0 Å². The number of likely N-dealkylation sites (tertiary alicyclic amines) is 1. The number of H-pyrrole nitrogens is 1. The topological polar surface area (TPSA) is 89.5 Å². The van der Waals surface area contributed by atoms with Crippen LogP contribution >= 0.6 is 0 Å². The summed E-state index contributed by atoms with van der Waals surface area (Å²) in [7, 11) is 1.76. The zero-order valence-electron chi connectivity index (χ0n) is 11.6. The molecule has 1 saturated heterocycles. The summed E-state index contributed by atoms with van der Waals surface area (Å²) in [5.41, 5.74) is 0.961. The summed E-state index contributed by atoms with van der Waals surface area (Å²) in [6.07, 6.45) is 5.17. The molecular formula is C13H20N4O3. The number of hydrogen-bond donors (Lipinski definition) is 2. The van der Waals surface area contributed by atoms with Crippen LogP contribution in [0, 0.1) is 5.92 Å². The molecule has 2 amide bonds. The second-order valence-electron chi connectivity index (χ2n) is 5.28. The number of rotatable bonds is 5. The van der Waals surface area contributed by atoms with E-state index in [1.165, 1.54) is 0 Å². The number of aliphatic carboxylic acids is 1. The van der Waals surface area contributed by atoms with Gasteiger partial charge in [0.1, 0.15) is 0 Å². The number of aromatic amines is 1. The summed E-state index contributed by atoms with van der Waals surface area (Å²) < 4.78 is 0. The highest BCUT2D eigenvalue weighted by Crippen LogP contribution is 2.22. The molecule has 0 saturated carbocycles. The molecule has 0 aliphatic carbocycles. The summed E-state index contributed by atoms with van der Waals surface area (Å²) >= 11 is 0. The van der Waals surface area contributed by atoms with Crippen LogP contribution in [0.15, 0.2) is 12.4 Å². The van der Waals surface area contributed by atoms with E-state index in [2.05, 4.69) is 10.2 Å². The van der Waals surface area contributed by atoms with Crippen LogP contribution < -0.4 is 0 Å². The molecule has 1 unspecified atom stereocenters. The highest BCUT2D eigenvalue weighted by molar-refractivity contribution is 5.74. The minimum absolute atomic E-state index is 0.0102. The quantitative estimate of drug-likeness (QED) is 0.846. The summed E-state index contributed by atoms with van der Waals surface area (Å²) in [5.74, 6) is -0.468. The Hall–Kier alpha value is -2.05. The molecule has 20 heavy (non-hydrogen) atoms. The van der Waals surface area contributed by atoms with Crippen molar-refractivity contribution < 1.29 is 14.7 Å². The van der Waals surface area contributed by atoms with Gasteiger partial charge in [-0.3, -0.25) is 9.89 Å². The van der Waals surface area contributed by atoms with Gasteiger partial charge in [0.05, 0.1) is 12.7 Å². The number of nitrogens with one attached hydrogen (secondary N) is 1. The predicted molar refractivity (Wildman–Crippen MR) is 72.0 cm³/mol. The summed E-state index contributed by atoms with van der Waals surface area (Å²) in [6, 6.07) is -0.0102. The summed E-state index contributed by atoms with van der Waals surface area (Å²) in [5, 5.41) is 15.3. The van der Waals surface area contributed by atoms with Crippen molar-refractivity contribution in [3.05, 3.63) is 18.0 Å². The van der Waals surface area contributed by atoms with E-state index in [1.807, 2.05) is 0 Å². The number of carbonyl (C=O) groups excluding carboxylic acids is 1. The van der Waals surface area contributed by atoms with E-state index in [1.54, 1.807) is 29.2 Å². The number of amides is 2. The van der Waals surface area contributed by atoms with Crippen LogP contribution in [-0.2, 0) is 11.3 Å². The van der Waals surface area contributed by atoms with Gasteiger partial charge in [-0.05, 0) is 18.8 Å². The molecule has 0 spiro atoms. The number of hydrogen-bond acceptors (Lipinski definition) is 3. The van der Waals surface area contributed by atoms with Crippen LogP contribution in [0.25, 0.3) is 0 Å². The molecule has 0 aromatic carbocycles. The average molecular weight is 280 g/mol. The van der Waals surface area contributed by atoms with E-state index in [4.69, 9.17) is 5.11 Å². The van der Waals surface area contributed by atoms with Crippen molar-refractivity contribution in [1.82, 2.24) is 20.0 Å². The van der Waals surface area contributed by atoms with E-state index in [-0.39, 0.29) is 12.5 Å². The molecular weight excluding hydrogens is 260 g/mol. The van der Waals surface area contributed by atoms with Gasteiger partial charge in [-0.15, -0.1) is 0 Å². The fraction of sp³-hybridized carbons (Fsp3) is 0.615. The van der Waals surface area contributed by atoms with Gasteiger partial charge < -0.3 is 14.9 Å². The largest absolute Gasteiger partial charge is 0.481 e. The Morgan fingerprint density at radius 2 is 2.40 bits per heavy atom. The first kappa shape index (κ1) is 14.4. The number of carbonyl (C=O) groups is 2. The second kappa shape index (κ2) is 6.40. The lowest BCUT2D eigenvalue weighted by Crippen LogP contribution is -2.39. The smallest absolute Gasteiger partial charge is 0.320 e. The molecule has 7 heteroatoms. The van der Waals surface area contributed by atoms with Crippen LogP contribution in [0.4, 0.5) is 4.79 Å². The highest BCUT2D eigenvalue weighted by Gasteiger charge is 2.28. The maximum Gasteiger partial charge on any atom is 0.320 e. The minimum Gasteiger partial charge on any atom is -0.481 e. The summed E-state index contributed by atoms with van der Waals surface area (Å²) in [6.45, 7) is 1.88. The first-order valence-electron chi connectivity index (χ1n) is 6.75. The van der Waals surface area contributed by atoms with Gasteiger partial charge in [0.25, 0.3) is 0 Å². The first-order chi connectivity index (χ1) is 9.56. The molecule has 1 aromatic heterocycles. The predicted octanol–water partition coefficient (Wildman–Crippen LogP) is 1.15. The second-order valence-corrected chi connectivity index (χ2v) is 5.28. The van der Waals surface area contributed by atoms with Crippen molar-refractivity contribution in [3.8, 4) is 0 Å². The summed E-state index contributed by atoms with van der Waals surface area (Å²) in [4.78, 5) is 26.3. The Balaban J connectivity index is 1.80. The van der Waals surface area contributed by atoms with Gasteiger partial charge in [-0.25, -0.2) is 4.79 Å². The molecule has 2 rings (SSSR count). The third kappa shape index (κ3) is 3.72. The molecule has 1 aliphatic rings. The monoisotopic (exact) mass is 280 g/mol. The molecule has 1 atom stereocenters. The molecule has 110 valence electrons. The number of carboxylic acids is 1. The zero-order chi connectivity index (χ0) is 14.5. The normalized spacial score (nSPS) is 18.2. The van der Waals surface area contributed by atoms with Gasteiger partial charge in [0.15, 0.2) is 0 Å². The third-order valence-corrected chi connectivity index (χ3v) is 3.62. The molecule has 1 aliphatic heterocycles. The minimum atomic E-state index is -0.771. The van der Waals surface area contributed by atoms with Gasteiger partial charge in [-0.2, -0.15) is 5.10 Å². The van der Waals surface area contributed by atoms with Crippen LogP contribution in [0.3, 0.4) is 0 Å². The number of carboxylic acid groups (broad SMARTS) is 1. The molecule has 7 nitrogen and oxygen atoms in total. The SMILES string of the molecule is CN(Cc1cn[nH]c1)C(=O)N1CCC(CCC(=O)O)C1. The Kier molecular flexibility index (Phi) is 4.60. The fourth-order valence-corrected chi connectivity index (χ4v) is 2.52. The average Bonchev–Trinajstić information content (AvgIpc) is 3.06. The van der Waals surface area contributed by atoms with Crippen LogP contribution in [0.5, 0.6) is 0 Å². The van der Waals surface area contributed by atoms with Crippen LogP contribution in [0.2, 0.25) is 0 Å². The Bertz CT molecular complexity index is 460. The number of urea groups is 1. The Morgan fingerprint density at radius 3 is 3.05 bits per heavy atom. The van der Waals surface area contributed by atoms with Crippen LogP contribution in [0.1, 0.15) is 24.8 Å². The fourth-order valence-electron chi connectivity index (χ4n) is 2.52. The maximum absolute atomic E-state index is 12.3. The molecule has 2 heterocycles. The van der Waals surface area contributed by atoms with Crippen molar-refractivity contribution in [2.24, 2.45) is 5.92 Å².